The molecule has 1 aromatic carbocycles. The van der Waals surface area contributed by atoms with Crippen molar-refractivity contribution in [1.82, 2.24) is 9.78 Å². The maximum atomic E-state index is 11.4. The zero-order valence-corrected chi connectivity index (χ0v) is 11.5. The Morgan fingerprint density at radius 3 is 2.79 bits per heavy atom. The molecule has 0 radical (unpaired) electrons. The van der Waals surface area contributed by atoms with Crippen molar-refractivity contribution in [2.75, 3.05) is 7.11 Å². The average molecular weight is 258 g/mol. The maximum absolute atomic E-state index is 11.4. The number of methoxy groups -OCH3 is 1. The number of rotatable bonds is 4. The molecule has 0 aliphatic rings. The van der Waals surface area contributed by atoms with Gasteiger partial charge in [0.2, 0.25) is 0 Å². The van der Waals surface area contributed by atoms with Gasteiger partial charge in [0.25, 0.3) is 0 Å². The number of carbonyl (C=O) groups excluding carboxylic acids is 1. The molecule has 19 heavy (non-hydrogen) atoms. The molecule has 0 aliphatic heterocycles. The number of benzene rings is 1. The second-order valence-electron chi connectivity index (χ2n) is 4.48. The minimum Gasteiger partial charge on any atom is -0.468 e. The molecule has 0 spiro atoms. The van der Waals surface area contributed by atoms with E-state index in [9.17, 15) is 4.79 Å². The summed E-state index contributed by atoms with van der Waals surface area (Å²) in [4.78, 5) is 11.4. The number of hydrogen-bond donors (Lipinski definition) is 0. The fourth-order valence-corrected chi connectivity index (χ4v) is 2.01. The van der Waals surface area contributed by atoms with Crippen molar-refractivity contribution < 1.29 is 9.53 Å². The van der Waals surface area contributed by atoms with Crippen molar-refractivity contribution in [3.63, 3.8) is 0 Å². The highest BCUT2D eigenvalue weighted by molar-refractivity contribution is 5.69. The Kier molecular flexibility index (Phi) is 4.00. The van der Waals surface area contributed by atoms with E-state index in [0.717, 1.165) is 23.4 Å². The molecule has 0 saturated heterocycles. The Morgan fingerprint density at radius 2 is 2.16 bits per heavy atom. The van der Waals surface area contributed by atoms with Gasteiger partial charge in [0, 0.05) is 11.3 Å². The standard InChI is InChI=1S/C15H18N2O2/c1-4-13-9-14(12-7-5-6-11(2)8-12)16-17(13)10-15(18)19-3/h5-9H,4,10H2,1-3H3. The molecule has 1 aromatic heterocycles. The summed E-state index contributed by atoms with van der Waals surface area (Å²) in [5, 5.41) is 4.50. The fourth-order valence-electron chi connectivity index (χ4n) is 2.01. The molecule has 0 unspecified atom stereocenters. The minimum absolute atomic E-state index is 0.158. The van der Waals surface area contributed by atoms with Crippen LogP contribution in [0.25, 0.3) is 11.3 Å². The summed E-state index contributed by atoms with van der Waals surface area (Å²) in [6.45, 7) is 4.26. The van der Waals surface area contributed by atoms with Gasteiger partial charge in [0.05, 0.1) is 12.8 Å². The van der Waals surface area contributed by atoms with E-state index < -0.39 is 0 Å². The van der Waals surface area contributed by atoms with Crippen LogP contribution in [0.1, 0.15) is 18.2 Å². The van der Waals surface area contributed by atoms with Gasteiger partial charge in [-0.3, -0.25) is 9.48 Å². The molecule has 0 bridgehead atoms. The summed E-state index contributed by atoms with van der Waals surface area (Å²) in [7, 11) is 1.39. The van der Waals surface area contributed by atoms with E-state index in [-0.39, 0.29) is 12.5 Å². The summed E-state index contributed by atoms with van der Waals surface area (Å²) < 4.78 is 6.40. The van der Waals surface area contributed by atoms with E-state index in [1.54, 1.807) is 4.68 Å². The van der Waals surface area contributed by atoms with Gasteiger partial charge in [-0.05, 0) is 25.5 Å². The number of aromatic nitrogens is 2. The van der Waals surface area contributed by atoms with Crippen LogP contribution in [0.15, 0.2) is 30.3 Å². The largest absolute Gasteiger partial charge is 0.468 e. The van der Waals surface area contributed by atoms with Gasteiger partial charge in [-0.25, -0.2) is 0 Å². The lowest BCUT2D eigenvalue weighted by molar-refractivity contribution is -0.141. The number of aryl methyl sites for hydroxylation is 2. The van der Waals surface area contributed by atoms with Crippen LogP contribution in [0.4, 0.5) is 0 Å². The third kappa shape index (κ3) is 3.02. The Balaban J connectivity index is 2.35. The van der Waals surface area contributed by atoms with E-state index >= 15 is 0 Å². The van der Waals surface area contributed by atoms with Crippen LogP contribution in [0.2, 0.25) is 0 Å². The quantitative estimate of drug-likeness (QED) is 0.792. The molecule has 0 aliphatic carbocycles. The number of carbonyl (C=O) groups is 1. The summed E-state index contributed by atoms with van der Waals surface area (Å²) >= 11 is 0. The van der Waals surface area contributed by atoms with Crippen molar-refractivity contribution in [2.24, 2.45) is 0 Å². The average Bonchev–Trinajstić information content (AvgIpc) is 2.81. The minimum atomic E-state index is -0.284. The Morgan fingerprint density at radius 1 is 1.37 bits per heavy atom. The van der Waals surface area contributed by atoms with Crippen LogP contribution in [-0.4, -0.2) is 22.9 Å². The van der Waals surface area contributed by atoms with Gasteiger partial charge >= 0.3 is 5.97 Å². The van der Waals surface area contributed by atoms with E-state index in [4.69, 9.17) is 0 Å². The zero-order valence-electron chi connectivity index (χ0n) is 11.5. The molecule has 0 atom stereocenters. The lowest BCUT2D eigenvalue weighted by Crippen LogP contribution is -2.14. The Labute approximate surface area is 113 Å². The third-order valence-corrected chi connectivity index (χ3v) is 3.05. The van der Waals surface area contributed by atoms with E-state index in [2.05, 4.69) is 28.9 Å². The molecule has 2 rings (SSSR count). The van der Waals surface area contributed by atoms with Crippen molar-refractivity contribution in [2.45, 2.75) is 26.8 Å². The predicted molar refractivity (Wildman–Crippen MR) is 73.8 cm³/mol. The zero-order chi connectivity index (χ0) is 13.8. The maximum Gasteiger partial charge on any atom is 0.327 e. The second-order valence-corrected chi connectivity index (χ2v) is 4.48. The highest BCUT2D eigenvalue weighted by Gasteiger charge is 2.11. The summed E-state index contributed by atoms with van der Waals surface area (Å²) in [5.74, 6) is -0.284. The molecule has 100 valence electrons. The third-order valence-electron chi connectivity index (χ3n) is 3.05. The number of esters is 1. The first-order valence-electron chi connectivity index (χ1n) is 6.34. The normalized spacial score (nSPS) is 10.5. The molecule has 2 aromatic rings. The Bertz CT molecular complexity index is 588. The molecular formula is C15H18N2O2. The van der Waals surface area contributed by atoms with Crippen LogP contribution in [-0.2, 0) is 22.5 Å². The van der Waals surface area contributed by atoms with Gasteiger partial charge < -0.3 is 4.74 Å². The number of ether oxygens (including phenoxy) is 1. The number of nitrogens with zero attached hydrogens (tertiary/aromatic N) is 2. The van der Waals surface area contributed by atoms with Crippen LogP contribution in [0.5, 0.6) is 0 Å². The number of hydrogen-bond acceptors (Lipinski definition) is 3. The van der Waals surface area contributed by atoms with E-state index in [1.807, 2.05) is 25.1 Å². The first-order chi connectivity index (χ1) is 9.13. The summed E-state index contributed by atoms with van der Waals surface area (Å²) in [5.41, 5.74) is 4.18. The molecular weight excluding hydrogens is 240 g/mol. The van der Waals surface area contributed by atoms with Crippen LogP contribution in [0, 0.1) is 6.92 Å². The Hall–Kier alpha value is -2.10. The van der Waals surface area contributed by atoms with Gasteiger partial charge in [-0.1, -0.05) is 30.7 Å². The van der Waals surface area contributed by atoms with Gasteiger partial charge in [0.15, 0.2) is 0 Å². The van der Waals surface area contributed by atoms with E-state index in [1.165, 1.54) is 12.7 Å². The molecule has 4 nitrogen and oxygen atoms in total. The SMILES string of the molecule is CCc1cc(-c2cccc(C)c2)nn1CC(=O)OC. The molecule has 4 heteroatoms. The van der Waals surface area contributed by atoms with Crippen LogP contribution < -0.4 is 0 Å². The molecule has 0 amide bonds. The molecule has 0 saturated carbocycles. The smallest absolute Gasteiger partial charge is 0.327 e. The van der Waals surface area contributed by atoms with Crippen molar-refractivity contribution >= 4 is 5.97 Å². The monoisotopic (exact) mass is 258 g/mol. The molecule has 0 N–H and O–H groups in total. The summed E-state index contributed by atoms with van der Waals surface area (Å²) in [6, 6.07) is 10.2. The van der Waals surface area contributed by atoms with Gasteiger partial charge in [0.1, 0.15) is 6.54 Å². The van der Waals surface area contributed by atoms with Crippen molar-refractivity contribution in [3.8, 4) is 11.3 Å². The predicted octanol–water partition coefficient (Wildman–Crippen LogP) is 2.59. The molecule has 0 fully saturated rings. The highest BCUT2D eigenvalue weighted by atomic mass is 16.5. The topological polar surface area (TPSA) is 44.1 Å². The first-order valence-corrected chi connectivity index (χ1v) is 6.34. The van der Waals surface area contributed by atoms with Crippen LogP contribution >= 0.6 is 0 Å². The first kappa shape index (κ1) is 13.3. The van der Waals surface area contributed by atoms with Crippen molar-refractivity contribution in [1.29, 1.82) is 0 Å². The lowest BCUT2D eigenvalue weighted by Gasteiger charge is -2.03. The highest BCUT2D eigenvalue weighted by Crippen LogP contribution is 2.20. The lowest BCUT2D eigenvalue weighted by atomic mass is 10.1. The van der Waals surface area contributed by atoms with Crippen LogP contribution in [0.3, 0.4) is 0 Å². The van der Waals surface area contributed by atoms with Crippen molar-refractivity contribution in [3.05, 3.63) is 41.6 Å². The molecule has 1 heterocycles. The fraction of sp³-hybridized carbons (Fsp3) is 0.333. The summed E-state index contributed by atoms with van der Waals surface area (Å²) in [6.07, 6.45) is 0.829. The second kappa shape index (κ2) is 5.69. The van der Waals surface area contributed by atoms with Gasteiger partial charge in [-0.2, -0.15) is 5.10 Å². The van der Waals surface area contributed by atoms with Gasteiger partial charge in [-0.15, -0.1) is 0 Å². The van der Waals surface area contributed by atoms with E-state index in [0.29, 0.717) is 0 Å².